The van der Waals surface area contributed by atoms with Gasteiger partial charge in [-0.2, -0.15) is 0 Å². The topological polar surface area (TPSA) is 29.1 Å². The molecular weight excluding hydrogens is 234 g/mol. The van der Waals surface area contributed by atoms with E-state index in [1.807, 2.05) is 12.1 Å². The summed E-state index contributed by atoms with van der Waals surface area (Å²) in [4.78, 5) is 12.2. The van der Waals surface area contributed by atoms with E-state index in [2.05, 4.69) is 31.3 Å². The lowest BCUT2D eigenvalue weighted by atomic mass is 9.94. The lowest BCUT2D eigenvalue weighted by Gasteiger charge is -2.28. The summed E-state index contributed by atoms with van der Waals surface area (Å²) in [5.74, 6) is 0.273. The number of carbonyl (C=O) groups excluding carboxylic acids is 1. The first-order valence-corrected chi connectivity index (χ1v) is 7.57. The van der Waals surface area contributed by atoms with Crippen molar-refractivity contribution in [3.8, 4) is 0 Å². The van der Waals surface area contributed by atoms with Crippen LogP contribution < -0.4 is 5.32 Å². The Hall–Kier alpha value is -1.15. The third-order valence-corrected chi connectivity index (χ3v) is 3.96. The number of rotatable bonds is 5. The van der Waals surface area contributed by atoms with E-state index in [9.17, 15) is 4.79 Å². The quantitative estimate of drug-likeness (QED) is 0.816. The van der Waals surface area contributed by atoms with Crippen LogP contribution in [-0.2, 0) is 6.42 Å². The highest BCUT2D eigenvalue weighted by Gasteiger charge is 2.20. The van der Waals surface area contributed by atoms with Crippen LogP contribution in [0.2, 0.25) is 0 Å². The molecule has 1 aliphatic rings. The predicted octanol–water partition coefficient (Wildman–Crippen LogP) is 3.74. The van der Waals surface area contributed by atoms with Gasteiger partial charge < -0.3 is 5.32 Å². The molecule has 19 heavy (non-hydrogen) atoms. The summed E-state index contributed by atoms with van der Waals surface area (Å²) in [5.41, 5.74) is 2.18. The largest absolute Gasteiger partial charge is 0.311 e. The number of aryl methyl sites for hydroxylation is 1. The van der Waals surface area contributed by atoms with Crippen LogP contribution in [0.1, 0.15) is 61.9 Å². The predicted molar refractivity (Wildman–Crippen MR) is 79.6 cm³/mol. The molecule has 1 aliphatic heterocycles. The summed E-state index contributed by atoms with van der Waals surface area (Å²) in [5, 5.41) is 3.53. The van der Waals surface area contributed by atoms with Gasteiger partial charge in [0.15, 0.2) is 5.78 Å². The van der Waals surface area contributed by atoms with E-state index < -0.39 is 0 Å². The van der Waals surface area contributed by atoms with Crippen LogP contribution in [0, 0.1) is 0 Å². The van der Waals surface area contributed by atoms with Gasteiger partial charge >= 0.3 is 0 Å². The minimum absolute atomic E-state index is 0.273. The highest BCUT2D eigenvalue weighted by Crippen LogP contribution is 2.17. The second-order valence-corrected chi connectivity index (χ2v) is 5.77. The molecule has 1 aromatic carbocycles. The summed E-state index contributed by atoms with van der Waals surface area (Å²) in [6.45, 7) is 4.38. The van der Waals surface area contributed by atoms with Crippen LogP contribution >= 0.6 is 0 Å². The van der Waals surface area contributed by atoms with Crippen molar-refractivity contribution in [3.63, 3.8) is 0 Å². The van der Waals surface area contributed by atoms with Crippen molar-refractivity contribution in [2.75, 3.05) is 0 Å². The molecule has 0 aromatic heterocycles. The fraction of sp³-hybridized carbons (Fsp3) is 0.588. The van der Waals surface area contributed by atoms with Crippen molar-refractivity contribution < 1.29 is 4.79 Å². The molecule has 0 amide bonds. The molecule has 2 atom stereocenters. The summed E-state index contributed by atoms with van der Waals surface area (Å²) < 4.78 is 0. The van der Waals surface area contributed by atoms with Crippen molar-refractivity contribution >= 4 is 5.78 Å². The van der Waals surface area contributed by atoms with E-state index in [1.165, 1.54) is 18.4 Å². The molecule has 1 saturated heterocycles. The normalized spacial score (nSPS) is 23.3. The Labute approximate surface area is 116 Å². The third-order valence-electron chi connectivity index (χ3n) is 3.96. The van der Waals surface area contributed by atoms with E-state index >= 15 is 0 Å². The molecule has 0 bridgehead atoms. The van der Waals surface area contributed by atoms with Gasteiger partial charge in [-0.25, -0.2) is 0 Å². The van der Waals surface area contributed by atoms with Gasteiger partial charge in [-0.1, -0.05) is 44.0 Å². The first kappa shape index (κ1) is 14.3. The molecule has 1 fully saturated rings. The van der Waals surface area contributed by atoms with Gasteiger partial charge in [0.1, 0.15) is 0 Å². The molecule has 2 rings (SSSR count). The van der Waals surface area contributed by atoms with Gasteiger partial charge in [0.05, 0.1) is 0 Å². The fourth-order valence-corrected chi connectivity index (χ4v) is 2.89. The van der Waals surface area contributed by atoms with Crippen LogP contribution in [0.15, 0.2) is 24.3 Å². The molecule has 1 aromatic rings. The minimum atomic E-state index is 0.273. The zero-order valence-corrected chi connectivity index (χ0v) is 12.1. The molecule has 0 saturated carbocycles. The van der Waals surface area contributed by atoms with Gasteiger partial charge in [-0.05, 0) is 31.7 Å². The molecule has 0 spiro atoms. The van der Waals surface area contributed by atoms with Crippen LogP contribution in [0.5, 0.6) is 0 Å². The average Bonchev–Trinajstić information content (AvgIpc) is 2.40. The number of nitrogens with one attached hydrogen (secondary N) is 1. The summed E-state index contributed by atoms with van der Waals surface area (Å²) in [6, 6.07) is 9.07. The monoisotopic (exact) mass is 259 g/mol. The van der Waals surface area contributed by atoms with E-state index in [4.69, 9.17) is 0 Å². The number of Topliss-reactive ketones (excluding diaryl/α,β-unsaturated/α-hetero) is 1. The van der Waals surface area contributed by atoms with E-state index in [1.54, 1.807) is 0 Å². The molecule has 1 heterocycles. The Balaban J connectivity index is 1.91. The van der Waals surface area contributed by atoms with Gasteiger partial charge in [0.2, 0.25) is 0 Å². The van der Waals surface area contributed by atoms with Crippen molar-refractivity contribution in [2.45, 2.75) is 64.5 Å². The maximum atomic E-state index is 12.2. The molecule has 1 N–H and O–H groups in total. The summed E-state index contributed by atoms with van der Waals surface area (Å²) >= 11 is 0. The van der Waals surface area contributed by atoms with Gasteiger partial charge in [0.25, 0.3) is 0 Å². The van der Waals surface area contributed by atoms with Crippen LogP contribution in [0.3, 0.4) is 0 Å². The number of ketones is 1. The Morgan fingerprint density at radius 3 is 2.63 bits per heavy atom. The van der Waals surface area contributed by atoms with E-state index in [-0.39, 0.29) is 5.78 Å². The SMILES string of the molecule is CCCc1ccc(C(=O)CC2CCCC(C)N2)cc1. The van der Waals surface area contributed by atoms with Gasteiger partial charge in [-0.15, -0.1) is 0 Å². The zero-order valence-electron chi connectivity index (χ0n) is 12.1. The Kier molecular flexibility index (Phi) is 5.15. The maximum Gasteiger partial charge on any atom is 0.164 e. The molecule has 104 valence electrons. The molecular formula is C17H25NO. The average molecular weight is 259 g/mol. The number of piperidine rings is 1. The zero-order chi connectivity index (χ0) is 13.7. The molecule has 2 heteroatoms. The second-order valence-electron chi connectivity index (χ2n) is 5.77. The van der Waals surface area contributed by atoms with Crippen molar-refractivity contribution in [3.05, 3.63) is 35.4 Å². The summed E-state index contributed by atoms with van der Waals surface area (Å²) in [6.07, 6.45) is 6.48. The number of benzene rings is 1. The van der Waals surface area contributed by atoms with Crippen LogP contribution in [0.25, 0.3) is 0 Å². The number of hydrogen-bond donors (Lipinski definition) is 1. The van der Waals surface area contributed by atoms with Gasteiger partial charge in [0, 0.05) is 24.1 Å². The first-order valence-electron chi connectivity index (χ1n) is 7.57. The smallest absolute Gasteiger partial charge is 0.164 e. The molecule has 0 radical (unpaired) electrons. The molecule has 0 aliphatic carbocycles. The third kappa shape index (κ3) is 4.17. The van der Waals surface area contributed by atoms with Gasteiger partial charge in [-0.3, -0.25) is 4.79 Å². The maximum absolute atomic E-state index is 12.2. The van der Waals surface area contributed by atoms with Crippen molar-refractivity contribution in [1.29, 1.82) is 0 Å². The minimum Gasteiger partial charge on any atom is -0.311 e. The Morgan fingerprint density at radius 1 is 1.26 bits per heavy atom. The number of carbonyl (C=O) groups is 1. The van der Waals surface area contributed by atoms with E-state index in [0.717, 1.165) is 24.8 Å². The Morgan fingerprint density at radius 2 is 2.00 bits per heavy atom. The van der Waals surface area contributed by atoms with E-state index in [0.29, 0.717) is 18.5 Å². The highest BCUT2D eigenvalue weighted by molar-refractivity contribution is 5.96. The number of hydrogen-bond acceptors (Lipinski definition) is 2. The Bertz CT molecular complexity index is 410. The lowest BCUT2D eigenvalue weighted by molar-refractivity contribution is 0.0960. The van der Waals surface area contributed by atoms with Crippen LogP contribution in [0.4, 0.5) is 0 Å². The standard InChI is InChI=1S/C17H25NO/c1-3-5-14-8-10-15(11-9-14)17(19)12-16-7-4-6-13(2)18-16/h8-11,13,16,18H,3-7,12H2,1-2H3. The first-order chi connectivity index (χ1) is 9.19. The van der Waals surface area contributed by atoms with Crippen molar-refractivity contribution in [1.82, 2.24) is 5.32 Å². The lowest BCUT2D eigenvalue weighted by Crippen LogP contribution is -2.41. The molecule has 2 unspecified atom stereocenters. The second kappa shape index (κ2) is 6.85. The van der Waals surface area contributed by atoms with Crippen LogP contribution in [-0.4, -0.2) is 17.9 Å². The highest BCUT2D eigenvalue weighted by atomic mass is 16.1. The fourth-order valence-electron chi connectivity index (χ4n) is 2.89. The molecule has 2 nitrogen and oxygen atoms in total. The summed E-state index contributed by atoms with van der Waals surface area (Å²) in [7, 11) is 0. The van der Waals surface area contributed by atoms with Crippen molar-refractivity contribution in [2.24, 2.45) is 0 Å².